The highest BCUT2D eigenvalue weighted by Gasteiger charge is 2.30. The molecule has 0 radical (unpaired) electrons. The molecule has 0 bridgehead atoms. The zero-order valence-corrected chi connectivity index (χ0v) is 24.3. The van der Waals surface area contributed by atoms with E-state index in [1.807, 2.05) is 19.1 Å². The number of fused-ring (bicyclic) bond motifs is 2. The van der Waals surface area contributed by atoms with Crippen LogP contribution in [0.25, 0.3) is 22.0 Å². The van der Waals surface area contributed by atoms with Gasteiger partial charge in [0.25, 0.3) is 10.0 Å². The average molecular weight is 596 g/mol. The monoisotopic (exact) mass is 595 g/mol. The van der Waals surface area contributed by atoms with Crippen molar-refractivity contribution < 1.29 is 17.9 Å². The number of aliphatic hydroxyl groups excluding tert-OH is 1. The van der Waals surface area contributed by atoms with E-state index in [1.165, 1.54) is 18.2 Å². The molecule has 214 valence electrons. The molecule has 2 heterocycles. The summed E-state index contributed by atoms with van der Waals surface area (Å²) >= 11 is 6.21. The van der Waals surface area contributed by atoms with Crippen LogP contribution < -0.4 is 15.4 Å². The first kappa shape index (κ1) is 27.8. The number of halogens is 2. The molecule has 11 heteroatoms. The zero-order valence-electron chi connectivity index (χ0n) is 22.8. The van der Waals surface area contributed by atoms with E-state index < -0.39 is 21.9 Å². The third-order valence-corrected chi connectivity index (χ3v) is 9.67. The van der Waals surface area contributed by atoms with Crippen molar-refractivity contribution in [2.45, 2.75) is 56.6 Å². The van der Waals surface area contributed by atoms with Crippen LogP contribution in [0.5, 0.6) is 0 Å². The van der Waals surface area contributed by atoms with E-state index in [1.54, 1.807) is 19.2 Å². The number of sulfonamides is 1. The van der Waals surface area contributed by atoms with Crippen molar-refractivity contribution in [3.8, 4) is 11.1 Å². The van der Waals surface area contributed by atoms with E-state index in [0.29, 0.717) is 52.6 Å². The molecule has 41 heavy (non-hydrogen) atoms. The lowest BCUT2D eigenvalue weighted by Crippen LogP contribution is -2.35. The average Bonchev–Trinajstić information content (AvgIpc) is 3.31. The Balaban J connectivity index is 1.34. The Hall–Kier alpha value is -3.31. The Bertz CT molecular complexity index is 1780. The minimum atomic E-state index is -4.08. The molecule has 8 nitrogen and oxygen atoms in total. The van der Waals surface area contributed by atoms with Gasteiger partial charge in [-0.25, -0.2) is 22.8 Å². The van der Waals surface area contributed by atoms with Gasteiger partial charge < -0.3 is 15.7 Å². The van der Waals surface area contributed by atoms with Crippen molar-refractivity contribution in [2.24, 2.45) is 0 Å². The fraction of sp³-hybridized carbons (Fsp3) is 0.333. The molecule has 1 aliphatic carbocycles. The molecule has 0 unspecified atom stereocenters. The van der Waals surface area contributed by atoms with Crippen LogP contribution in [0.3, 0.4) is 0 Å². The normalized spacial score (nSPS) is 17.5. The smallest absolute Gasteiger partial charge is 0.262 e. The summed E-state index contributed by atoms with van der Waals surface area (Å²) in [5.41, 5.74) is 4.28. The van der Waals surface area contributed by atoms with Crippen LogP contribution in [0.4, 0.5) is 16.0 Å². The molecule has 0 amide bonds. The van der Waals surface area contributed by atoms with E-state index in [9.17, 15) is 13.5 Å². The minimum absolute atomic E-state index is 0.0226. The summed E-state index contributed by atoms with van der Waals surface area (Å²) in [5.74, 6) is 0.0973. The first-order valence-electron chi connectivity index (χ1n) is 13.7. The number of nitrogens with one attached hydrogen (secondary N) is 3. The molecule has 0 saturated carbocycles. The lowest BCUT2D eigenvalue weighted by molar-refractivity contribution is 0.180. The quantitative estimate of drug-likeness (QED) is 0.228. The molecular weight excluding hydrogens is 565 g/mol. The van der Waals surface area contributed by atoms with Crippen LogP contribution in [0.15, 0.2) is 47.5 Å². The molecular formula is C30H31ClFN5O3S. The third-order valence-electron chi connectivity index (χ3n) is 8.02. The van der Waals surface area contributed by atoms with Gasteiger partial charge in [0.1, 0.15) is 5.82 Å². The number of benzene rings is 3. The maximum atomic E-state index is 15.3. The first-order chi connectivity index (χ1) is 19.6. The van der Waals surface area contributed by atoms with Crippen LogP contribution >= 0.6 is 11.6 Å². The van der Waals surface area contributed by atoms with Crippen molar-refractivity contribution >= 4 is 44.2 Å². The minimum Gasteiger partial charge on any atom is -0.388 e. The second-order valence-corrected chi connectivity index (χ2v) is 12.9. The molecule has 3 aromatic carbocycles. The summed E-state index contributed by atoms with van der Waals surface area (Å²) in [6.07, 6.45) is 3.83. The highest BCUT2D eigenvalue weighted by Crippen LogP contribution is 2.39. The van der Waals surface area contributed by atoms with Gasteiger partial charge >= 0.3 is 0 Å². The van der Waals surface area contributed by atoms with Gasteiger partial charge in [0.05, 0.1) is 22.2 Å². The highest BCUT2D eigenvalue weighted by molar-refractivity contribution is 7.92. The number of hydrogen-bond acceptors (Lipinski definition) is 7. The SMILES string of the molecule is Cc1c(NS(=O)(=O)c2cc(Cl)cc3c2CC[C@H]3O)ccc(F)c1-c1cc(C)c2nc(NC3CCNCC3)ncc2c1. The summed E-state index contributed by atoms with van der Waals surface area (Å²) in [5, 5.41) is 18.0. The molecule has 1 fully saturated rings. The van der Waals surface area contributed by atoms with E-state index in [2.05, 4.69) is 20.3 Å². The second-order valence-electron chi connectivity index (χ2n) is 10.8. The Kier molecular flexibility index (Phi) is 7.35. The van der Waals surface area contributed by atoms with Crippen LogP contribution in [0.2, 0.25) is 5.02 Å². The number of aromatic nitrogens is 2. The van der Waals surface area contributed by atoms with Gasteiger partial charge in [-0.1, -0.05) is 11.6 Å². The number of hydrogen-bond donors (Lipinski definition) is 4. The molecule has 0 spiro atoms. The number of nitrogens with zero attached hydrogens (tertiary/aromatic N) is 2. The number of piperidine rings is 1. The van der Waals surface area contributed by atoms with Crippen LogP contribution in [-0.4, -0.2) is 42.6 Å². The fourth-order valence-corrected chi connectivity index (χ4v) is 7.64. The Morgan fingerprint density at radius 1 is 1.10 bits per heavy atom. The van der Waals surface area contributed by atoms with Gasteiger partial charge in [-0.15, -0.1) is 0 Å². The second kappa shape index (κ2) is 10.8. The van der Waals surface area contributed by atoms with Gasteiger partial charge in [0.15, 0.2) is 0 Å². The van der Waals surface area contributed by atoms with Crippen molar-refractivity contribution in [1.82, 2.24) is 15.3 Å². The number of rotatable bonds is 6. The van der Waals surface area contributed by atoms with Crippen LogP contribution in [-0.2, 0) is 16.4 Å². The fourth-order valence-electron chi connectivity index (χ4n) is 5.90. The largest absolute Gasteiger partial charge is 0.388 e. The number of aliphatic hydroxyl groups is 1. The summed E-state index contributed by atoms with van der Waals surface area (Å²) in [4.78, 5) is 9.26. The van der Waals surface area contributed by atoms with Crippen molar-refractivity contribution in [3.63, 3.8) is 0 Å². The Morgan fingerprint density at radius 2 is 1.88 bits per heavy atom. The van der Waals surface area contributed by atoms with Gasteiger partial charge in [-0.2, -0.15) is 0 Å². The van der Waals surface area contributed by atoms with Crippen molar-refractivity contribution in [2.75, 3.05) is 23.1 Å². The third kappa shape index (κ3) is 5.37. The molecule has 6 rings (SSSR count). The molecule has 1 atom stereocenters. The van der Waals surface area contributed by atoms with E-state index >= 15 is 4.39 Å². The van der Waals surface area contributed by atoms with E-state index in [4.69, 9.17) is 16.6 Å². The van der Waals surface area contributed by atoms with Gasteiger partial charge in [0, 0.05) is 28.2 Å². The molecule has 1 aliphatic heterocycles. The summed E-state index contributed by atoms with van der Waals surface area (Å²) in [6, 6.07) is 9.67. The number of anilines is 2. The zero-order chi connectivity index (χ0) is 28.9. The van der Waals surface area contributed by atoms with Crippen LogP contribution in [0, 0.1) is 19.7 Å². The van der Waals surface area contributed by atoms with Gasteiger partial charge in [-0.05, 0) is 117 Å². The van der Waals surface area contributed by atoms with E-state index in [-0.39, 0.29) is 15.6 Å². The molecule has 4 N–H and O–H groups in total. The van der Waals surface area contributed by atoms with Gasteiger partial charge in [-0.3, -0.25) is 4.72 Å². The summed E-state index contributed by atoms with van der Waals surface area (Å²) in [6.45, 7) is 5.52. The van der Waals surface area contributed by atoms with Crippen molar-refractivity contribution in [1.29, 1.82) is 0 Å². The highest BCUT2D eigenvalue weighted by atomic mass is 35.5. The van der Waals surface area contributed by atoms with Gasteiger partial charge in [0.2, 0.25) is 5.95 Å². The maximum absolute atomic E-state index is 15.3. The van der Waals surface area contributed by atoms with Crippen molar-refractivity contribution in [3.05, 3.63) is 75.7 Å². The molecule has 1 saturated heterocycles. The lowest BCUT2D eigenvalue weighted by atomic mass is 9.95. The van der Waals surface area contributed by atoms with E-state index in [0.717, 1.165) is 42.4 Å². The first-order valence-corrected chi connectivity index (χ1v) is 15.5. The predicted octanol–water partition coefficient (Wildman–Crippen LogP) is 5.65. The van der Waals surface area contributed by atoms with Crippen LogP contribution in [0.1, 0.15) is 47.6 Å². The molecule has 2 aliphatic rings. The standard InChI is InChI=1S/C30H31ClFN5O3S/c1-16-11-18(12-19-15-34-30(36-29(16)19)35-21-7-9-33-10-8-21)28-17(2)25(5-4-24(28)32)37-41(39,40)27-14-20(31)13-23-22(27)3-6-26(23)38/h4-5,11-15,21,26,33,37-38H,3,6-10H2,1-2H3,(H,34,35,36)/t26-/m1/s1. The molecule has 1 aromatic heterocycles. The number of aryl methyl sites for hydroxylation is 1. The summed E-state index contributed by atoms with van der Waals surface area (Å²) in [7, 11) is -4.08. The Labute approximate surface area is 243 Å². The predicted molar refractivity (Wildman–Crippen MR) is 159 cm³/mol. The molecule has 4 aromatic rings. The summed E-state index contributed by atoms with van der Waals surface area (Å²) < 4.78 is 45.0. The lowest BCUT2D eigenvalue weighted by Gasteiger charge is -2.23. The maximum Gasteiger partial charge on any atom is 0.262 e. The Morgan fingerprint density at radius 3 is 2.66 bits per heavy atom. The topological polar surface area (TPSA) is 116 Å².